The molecular formula is C14H20N2O5. The van der Waals surface area contributed by atoms with E-state index in [1.54, 1.807) is 6.92 Å². The van der Waals surface area contributed by atoms with E-state index in [1.165, 1.54) is 18.2 Å². The molecule has 0 fully saturated rings. The summed E-state index contributed by atoms with van der Waals surface area (Å²) in [6, 6.07) is 4.16. The molecule has 116 valence electrons. The normalized spacial score (nSPS) is 12.0. The number of carbonyl (C=O) groups is 1. The molecule has 1 unspecified atom stereocenters. The van der Waals surface area contributed by atoms with E-state index in [0.29, 0.717) is 0 Å². The van der Waals surface area contributed by atoms with Crippen molar-refractivity contribution in [3.8, 4) is 5.75 Å². The summed E-state index contributed by atoms with van der Waals surface area (Å²) >= 11 is 0. The Kier molecular flexibility index (Phi) is 6.10. The molecule has 0 bridgehead atoms. The van der Waals surface area contributed by atoms with E-state index in [1.807, 2.05) is 13.8 Å². The SMILES string of the molecule is CCOc1c(C(=O)NCC(O)C(C)C)cccc1[N+](=O)[O-]. The summed E-state index contributed by atoms with van der Waals surface area (Å²) in [4.78, 5) is 22.5. The summed E-state index contributed by atoms with van der Waals surface area (Å²) in [5, 5.41) is 23.2. The molecule has 0 aromatic heterocycles. The zero-order valence-corrected chi connectivity index (χ0v) is 12.3. The Morgan fingerprint density at radius 3 is 2.67 bits per heavy atom. The van der Waals surface area contributed by atoms with Crippen molar-refractivity contribution in [3.63, 3.8) is 0 Å². The molecule has 1 atom stereocenters. The first-order valence-electron chi connectivity index (χ1n) is 6.74. The van der Waals surface area contributed by atoms with E-state index >= 15 is 0 Å². The maximum atomic E-state index is 12.1. The van der Waals surface area contributed by atoms with Gasteiger partial charge in [-0.3, -0.25) is 14.9 Å². The van der Waals surface area contributed by atoms with Gasteiger partial charge in [0.05, 0.1) is 23.2 Å². The standard InChI is InChI=1S/C14H20N2O5/c1-4-21-13-10(6-5-7-11(13)16(19)20)14(18)15-8-12(17)9(2)3/h5-7,9,12,17H,4,8H2,1-3H3,(H,15,18). The zero-order valence-electron chi connectivity index (χ0n) is 12.3. The van der Waals surface area contributed by atoms with Crippen molar-refractivity contribution >= 4 is 11.6 Å². The fourth-order valence-electron chi connectivity index (χ4n) is 1.67. The number of aliphatic hydroxyl groups is 1. The second kappa shape index (κ2) is 7.58. The lowest BCUT2D eigenvalue weighted by molar-refractivity contribution is -0.385. The van der Waals surface area contributed by atoms with Gasteiger partial charge in [-0.05, 0) is 18.9 Å². The molecule has 0 spiro atoms. The second-order valence-corrected chi connectivity index (χ2v) is 4.87. The van der Waals surface area contributed by atoms with E-state index in [2.05, 4.69) is 5.32 Å². The monoisotopic (exact) mass is 296 g/mol. The van der Waals surface area contributed by atoms with Gasteiger partial charge >= 0.3 is 5.69 Å². The van der Waals surface area contributed by atoms with E-state index < -0.39 is 16.9 Å². The van der Waals surface area contributed by atoms with Gasteiger partial charge in [0.15, 0.2) is 0 Å². The number of amides is 1. The molecule has 1 aromatic carbocycles. The summed E-state index contributed by atoms with van der Waals surface area (Å²) in [7, 11) is 0. The molecule has 0 radical (unpaired) electrons. The van der Waals surface area contributed by atoms with Crippen LogP contribution in [0.25, 0.3) is 0 Å². The van der Waals surface area contributed by atoms with E-state index in [0.717, 1.165) is 0 Å². The minimum Gasteiger partial charge on any atom is -0.487 e. The average molecular weight is 296 g/mol. The topological polar surface area (TPSA) is 102 Å². The van der Waals surface area contributed by atoms with Crippen LogP contribution in [0.15, 0.2) is 18.2 Å². The van der Waals surface area contributed by atoms with Crippen molar-refractivity contribution in [2.45, 2.75) is 26.9 Å². The van der Waals surface area contributed by atoms with Crippen molar-refractivity contribution in [3.05, 3.63) is 33.9 Å². The highest BCUT2D eigenvalue weighted by Crippen LogP contribution is 2.30. The van der Waals surface area contributed by atoms with Crippen molar-refractivity contribution in [2.75, 3.05) is 13.2 Å². The van der Waals surface area contributed by atoms with Crippen LogP contribution in [0.4, 0.5) is 5.69 Å². The Bertz CT molecular complexity index is 516. The number of nitro benzene ring substituents is 1. The number of para-hydroxylation sites is 1. The largest absolute Gasteiger partial charge is 0.487 e. The highest BCUT2D eigenvalue weighted by molar-refractivity contribution is 5.98. The predicted molar refractivity (Wildman–Crippen MR) is 77.4 cm³/mol. The van der Waals surface area contributed by atoms with Crippen molar-refractivity contribution in [1.29, 1.82) is 0 Å². The van der Waals surface area contributed by atoms with Gasteiger partial charge in [0.2, 0.25) is 5.75 Å². The molecule has 2 N–H and O–H groups in total. The van der Waals surface area contributed by atoms with Gasteiger partial charge in [-0.15, -0.1) is 0 Å². The molecule has 0 aliphatic heterocycles. The van der Waals surface area contributed by atoms with Gasteiger partial charge in [-0.2, -0.15) is 0 Å². The Morgan fingerprint density at radius 2 is 2.14 bits per heavy atom. The van der Waals surface area contributed by atoms with Crippen molar-refractivity contribution < 1.29 is 19.6 Å². The van der Waals surface area contributed by atoms with Crippen molar-refractivity contribution in [2.24, 2.45) is 5.92 Å². The third kappa shape index (κ3) is 4.42. The smallest absolute Gasteiger partial charge is 0.311 e. The molecule has 21 heavy (non-hydrogen) atoms. The first-order chi connectivity index (χ1) is 9.88. The van der Waals surface area contributed by atoms with Crippen LogP contribution < -0.4 is 10.1 Å². The van der Waals surface area contributed by atoms with Crippen LogP contribution >= 0.6 is 0 Å². The molecule has 0 saturated carbocycles. The van der Waals surface area contributed by atoms with Gasteiger partial charge in [-0.1, -0.05) is 19.9 Å². The van der Waals surface area contributed by atoms with Gasteiger partial charge in [-0.25, -0.2) is 0 Å². The molecule has 0 heterocycles. The first kappa shape index (κ1) is 16.9. The number of nitrogens with one attached hydrogen (secondary N) is 1. The molecule has 7 heteroatoms. The number of ether oxygens (including phenoxy) is 1. The molecule has 0 aliphatic carbocycles. The highest BCUT2D eigenvalue weighted by Gasteiger charge is 2.23. The lowest BCUT2D eigenvalue weighted by Gasteiger charge is -2.16. The predicted octanol–water partition coefficient (Wildman–Crippen LogP) is 1.74. The molecule has 0 saturated heterocycles. The number of aliphatic hydroxyl groups excluding tert-OH is 1. The summed E-state index contributed by atoms with van der Waals surface area (Å²) in [5.74, 6) is -0.565. The number of hydrogen-bond acceptors (Lipinski definition) is 5. The maximum absolute atomic E-state index is 12.1. The zero-order chi connectivity index (χ0) is 16.0. The number of benzene rings is 1. The molecule has 1 amide bonds. The Morgan fingerprint density at radius 1 is 1.48 bits per heavy atom. The third-order valence-corrected chi connectivity index (χ3v) is 2.97. The molecule has 1 rings (SSSR count). The van der Waals surface area contributed by atoms with Gasteiger partial charge < -0.3 is 15.2 Å². The molecule has 0 aliphatic rings. The van der Waals surface area contributed by atoms with Crippen LogP contribution in [0.2, 0.25) is 0 Å². The Labute approximate surface area is 123 Å². The number of rotatable bonds is 7. The Balaban J connectivity index is 2.98. The number of nitrogens with zero attached hydrogens (tertiary/aromatic N) is 1. The lowest BCUT2D eigenvalue weighted by Crippen LogP contribution is -2.34. The average Bonchev–Trinajstić information content (AvgIpc) is 2.44. The number of nitro groups is 1. The van der Waals surface area contributed by atoms with Crippen LogP contribution in [-0.4, -0.2) is 35.2 Å². The quantitative estimate of drug-likeness (QED) is 0.589. The third-order valence-electron chi connectivity index (χ3n) is 2.97. The fraction of sp³-hybridized carbons (Fsp3) is 0.500. The van der Waals surface area contributed by atoms with E-state index in [9.17, 15) is 20.0 Å². The van der Waals surface area contributed by atoms with Crippen LogP contribution in [0, 0.1) is 16.0 Å². The molecular weight excluding hydrogens is 276 g/mol. The van der Waals surface area contributed by atoms with Crippen LogP contribution in [0.3, 0.4) is 0 Å². The fourth-order valence-corrected chi connectivity index (χ4v) is 1.67. The summed E-state index contributed by atoms with van der Waals surface area (Å²) in [6.45, 7) is 5.62. The highest BCUT2D eigenvalue weighted by atomic mass is 16.6. The number of hydrogen-bond donors (Lipinski definition) is 2. The summed E-state index contributed by atoms with van der Waals surface area (Å²) in [5.41, 5.74) is -0.170. The Hall–Kier alpha value is -2.15. The van der Waals surface area contributed by atoms with Gasteiger partial charge in [0.25, 0.3) is 5.91 Å². The van der Waals surface area contributed by atoms with Crippen LogP contribution in [-0.2, 0) is 0 Å². The van der Waals surface area contributed by atoms with Gasteiger partial charge in [0.1, 0.15) is 0 Å². The molecule has 7 nitrogen and oxygen atoms in total. The van der Waals surface area contributed by atoms with Gasteiger partial charge in [0, 0.05) is 12.6 Å². The number of carbonyl (C=O) groups excluding carboxylic acids is 1. The van der Waals surface area contributed by atoms with Crippen LogP contribution in [0.5, 0.6) is 5.75 Å². The second-order valence-electron chi connectivity index (χ2n) is 4.87. The first-order valence-corrected chi connectivity index (χ1v) is 6.74. The molecule has 1 aromatic rings. The summed E-state index contributed by atoms with van der Waals surface area (Å²) in [6.07, 6.45) is -0.678. The van der Waals surface area contributed by atoms with Crippen LogP contribution in [0.1, 0.15) is 31.1 Å². The maximum Gasteiger partial charge on any atom is 0.311 e. The van der Waals surface area contributed by atoms with E-state index in [4.69, 9.17) is 4.74 Å². The summed E-state index contributed by atoms with van der Waals surface area (Å²) < 4.78 is 5.24. The van der Waals surface area contributed by atoms with Crippen molar-refractivity contribution in [1.82, 2.24) is 5.32 Å². The minimum atomic E-state index is -0.678. The minimum absolute atomic E-state index is 0.00164. The van der Waals surface area contributed by atoms with E-state index in [-0.39, 0.29) is 36.1 Å². The lowest BCUT2D eigenvalue weighted by atomic mass is 10.1.